The Hall–Kier alpha value is -2.21. The van der Waals surface area contributed by atoms with E-state index in [-0.39, 0.29) is 11.9 Å². The fraction of sp³-hybridized carbons (Fsp3) is 0.550. The Labute approximate surface area is 155 Å². The highest BCUT2D eigenvalue weighted by Crippen LogP contribution is 2.21. The summed E-state index contributed by atoms with van der Waals surface area (Å²) in [7, 11) is 0. The van der Waals surface area contributed by atoms with Crippen LogP contribution in [0.4, 0.5) is 0 Å². The first-order chi connectivity index (χ1) is 12.7. The highest BCUT2D eigenvalue weighted by atomic mass is 16.5. The molecule has 0 bridgehead atoms. The lowest BCUT2D eigenvalue weighted by molar-refractivity contribution is 0.0878. The van der Waals surface area contributed by atoms with Gasteiger partial charge in [0.05, 0.1) is 6.61 Å². The van der Waals surface area contributed by atoms with Crippen LogP contribution in [0.25, 0.3) is 11.4 Å². The number of rotatable bonds is 11. The van der Waals surface area contributed by atoms with Gasteiger partial charge in [-0.2, -0.15) is 9.67 Å². The summed E-state index contributed by atoms with van der Waals surface area (Å²) in [5.74, 6) is 0.473. The molecule has 0 radical (unpaired) electrons. The summed E-state index contributed by atoms with van der Waals surface area (Å²) in [5, 5.41) is 4.28. The first-order valence-corrected chi connectivity index (χ1v) is 9.43. The number of benzene rings is 1. The number of hydrogen-bond acceptors (Lipinski definition) is 5. The maximum Gasteiger partial charge on any atom is 0.336 e. The van der Waals surface area contributed by atoms with Crippen molar-refractivity contribution in [3.05, 3.63) is 29.8 Å². The highest BCUT2D eigenvalue weighted by Gasteiger charge is 2.18. The summed E-state index contributed by atoms with van der Waals surface area (Å²) < 4.78 is 12.2. The molecule has 26 heavy (non-hydrogen) atoms. The Balaban J connectivity index is 2.15. The van der Waals surface area contributed by atoms with Gasteiger partial charge >= 0.3 is 6.01 Å². The fourth-order valence-corrected chi connectivity index (χ4v) is 2.56. The number of aromatic nitrogens is 3. The molecule has 0 N–H and O–H groups in total. The van der Waals surface area contributed by atoms with Crippen molar-refractivity contribution >= 4 is 5.91 Å². The molecule has 1 aromatic carbocycles. The Morgan fingerprint density at radius 3 is 2.54 bits per heavy atom. The Morgan fingerprint density at radius 2 is 1.85 bits per heavy atom. The molecule has 0 fully saturated rings. The number of unbranched alkanes of at least 4 members (excludes halogenated alkanes) is 3. The second-order valence-electron chi connectivity index (χ2n) is 6.25. The molecule has 1 aromatic heterocycles. The van der Waals surface area contributed by atoms with Crippen molar-refractivity contribution in [3.8, 4) is 17.4 Å². The van der Waals surface area contributed by atoms with E-state index in [4.69, 9.17) is 9.47 Å². The van der Waals surface area contributed by atoms with E-state index in [2.05, 4.69) is 17.0 Å². The first kappa shape index (κ1) is 20.1. The summed E-state index contributed by atoms with van der Waals surface area (Å²) in [6.45, 7) is 7.57. The van der Waals surface area contributed by atoms with Crippen molar-refractivity contribution in [1.82, 2.24) is 14.8 Å². The molecule has 2 aromatic rings. The lowest BCUT2D eigenvalue weighted by atomic mass is 10.1. The van der Waals surface area contributed by atoms with Crippen LogP contribution in [0.1, 0.15) is 56.3 Å². The Morgan fingerprint density at radius 1 is 1.08 bits per heavy atom. The van der Waals surface area contributed by atoms with Gasteiger partial charge < -0.3 is 9.47 Å². The standard InChI is InChI=1S/C20H29N3O3/c1-4-6-7-8-9-18(24)23-19(17-12-10-16(3)11-13-17)21-20(22-23)26-15-14-25-5-2/h10-13H,4-9,14-15H2,1-3H3. The van der Waals surface area contributed by atoms with Gasteiger partial charge in [0.2, 0.25) is 5.91 Å². The van der Waals surface area contributed by atoms with Crippen LogP contribution in [0.3, 0.4) is 0 Å². The topological polar surface area (TPSA) is 66.2 Å². The van der Waals surface area contributed by atoms with Crippen molar-refractivity contribution in [1.29, 1.82) is 0 Å². The molecule has 2 rings (SSSR count). The van der Waals surface area contributed by atoms with Crippen LogP contribution in [0.15, 0.2) is 24.3 Å². The molecular weight excluding hydrogens is 330 g/mol. The van der Waals surface area contributed by atoms with Gasteiger partial charge in [0.1, 0.15) is 6.61 Å². The predicted octanol–water partition coefficient (Wildman–Crippen LogP) is 4.28. The minimum atomic E-state index is -0.0520. The Kier molecular flexibility index (Phi) is 8.28. The van der Waals surface area contributed by atoms with Gasteiger partial charge in [-0.15, -0.1) is 5.10 Å². The molecule has 0 aliphatic heterocycles. The smallest absolute Gasteiger partial charge is 0.336 e. The van der Waals surface area contributed by atoms with Crippen molar-refractivity contribution in [3.63, 3.8) is 0 Å². The molecule has 0 saturated carbocycles. The van der Waals surface area contributed by atoms with Gasteiger partial charge in [0.15, 0.2) is 5.82 Å². The minimum absolute atomic E-state index is 0.0520. The van der Waals surface area contributed by atoms with E-state index < -0.39 is 0 Å². The highest BCUT2D eigenvalue weighted by molar-refractivity contribution is 5.82. The quantitative estimate of drug-likeness (QED) is 0.560. The number of carbonyl (C=O) groups excluding carboxylic acids is 1. The Bertz CT molecular complexity index is 680. The summed E-state index contributed by atoms with van der Waals surface area (Å²) in [4.78, 5) is 17.1. The van der Waals surface area contributed by atoms with Crippen molar-refractivity contribution in [2.45, 2.75) is 52.9 Å². The van der Waals surface area contributed by atoms with Crippen molar-refractivity contribution in [2.24, 2.45) is 0 Å². The molecule has 0 amide bonds. The SMILES string of the molecule is CCCCCCC(=O)n1nc(OCCOCC)nc1-c1ccc(C)cc1. The van der Waals surface area contributed by atoms with E-state index in [1.54, 1.807) is 0 Å². The molecule has 1 heterocycles. The number of carbonyl (C=O) groups is 1. The molecule has 0 saturated heterocycles. The van der Waals surface area contributed by atoms with E-state index in [9.17, 15) is 4.79 Å². The van der Waals surface area contributed by atoms with E-state index in [0.717, 1.165) is 36.8 Å². The first-order valence-electron chi connectivity index (χ1n) is 9.43. The van der Waals surface area contributed by atoms with Gasteiger partial charge in [-0.1, -0.05) is 56.0 Å². The van der Waals surface area contributed by atoms with Crippen molar-refractivity contribution in [2.75, 3.05) is 19.8 Å². The normalized spacial score (nSPS) is 10.9. The molecule has 0 spiro atoms. The molecule has 6 heteroatoms. The van der Waals surface area contributed by atoms with Crippen LogP contribution in [-0.4, -0.2) is 40.5 Å². The second kappa shape index (κ2) is 10.7. The minimum Gasteiger partial charge on any atom is -0.460 e. The zero-order chi connectivity index (χ0) is 18.8. The number of ether oxygens (including phenoxy) is 2. The molecule has 0 unspecified atom stereocenters. The molecule has 0 atom stereocenters. The van der Waals surface area contributed by atoms with Crippen LogP contribution in [0, 0.1) is 6.92 Å². The fourth-order valence-electron chi connectivity index (χ4n) is 2.56. The number of nitrogens with zero attached hydrogens (tertiary/aromatic N) is 3. The van der Waals surface area contributed by atoms with E-state index in [1.807, 2.05) is 38.1 Å². The van der Waals surface area contributed by atoms with E-state index >= 15 is 0 Å². The molecular formula is C20H29N3O3. The van der Waals surface area contributed by atoms with Gasteiger partial charge in [-0.3, -0.25) is 4.79 Å². The summed E-state index contributed by atoms with van der Waals surface area (Å²) >= 11 is 0. The van der Waals surface area contributed by atoms with E-state index in [0.29, 0.717) is 32.1 Å². The van der Waals surface area contributed by atoms with Crippen LogP contribution < -0.4 is 4.74 Å². The van der Waals surface area contributed by atoms with Gasteiger partial charge in [-0.25, -0.2) is 0 Å². The third-order valence-electron chi connectivity index (χ3n) is 4.04. The zero-order valence-electron chi connectivity index (χ0n) is 16.0. The molecule has 0 aliphatic rings. The molecule has 0 aliphatic carbocycles. The average molecular weight is 359 g/mol. The number of hydrogen-bond donors (Lipinski definition) is 0. The largest absolute Gasteiger partial charge is 0.460 e. The monoisotopic (exact) mass is 359 g/mol. The van der Waals surface area contributed by atoms with E-state index in [1.165, 1.54) is 4.68 Å². The summed E-state index contributed by atoms with van der Waals surface area (Å²) in [5.41, 5.74) is 2.00. The third kappa shape index (κ3) is 5.95. The predicted molar refractivity (Wildman–Crippen MR) is 102 cm³/mol. The van der Waals surface area contributed by atoms with Crippen molar-refractivity contribution < 1.29 is 14.3 Å². The molecule has 6 nitrogen and oxygen atoms in total. The van der Waals surface area contributed by atoms with Gasteiger partial charge in [-0.05, 0) is 20.3 Å². The average Bonchev–Trinajstić information content (AvgIpc) is 3.07. The lowest BCUT2D eigenvalue weighted by Gasteiger charge is -2.05. The van der Waals surface area contributed by atoms with Crippen LogP contribution in [0.5, 0.6) is 6.01 Å². The zero-order valence-corrected chi connectivity index (χ0v) is 16.0. The maximum atomic E-state index is 12.6. The second-order valence-corrected chi connectivity index (χ2v) is 6.25. The van der Waals surface area contributed by atoms with Gasteiger partial charge in [0.25, 0.3) is 0 Å². The van der Waals surface area contributed by atoms with Crippen LogP contribution in [-0.2, 0) is 4.74 Å². The summed E-state index contributed by atoms with van der Waals surface area (Å²) in [6, 6.07) is 8.10. The third-order valence-corrected chi connectivity index (χ3v) is 4.04. The maximum absolute atomic E-state index is 12.6. The molecule has 142 valence electrons. The van der Waals surface area contributed by atoms with Gasteiger partial charge in [0, 0.05) is 18.6 Å². The lowest BCUT2D eigenvalue weighted by Crippen LogP contribution is -2.14. The summed E-state index contributed by atoms with van der Waals surface area (Å²) in [6.07, 6.45) is 4.65. The van der Waals surface area contributed by atoms with Crippen LogP contribution in [0.2, 0.25) is 0 Å². The number of aryl methyl sites for hydroxylation is 1. The van der Waals surface area contributed by atoms with Crippen LogP contribution >= 0.6 is 0 Å².